The van der Waals surface area contributed by atoms with Crippen LogP contribution in [0.4, 0.5) is 0 Å². The third-order valence-electron chi connectivity index (χ3n) is 3.47. The monoisotopic (exact) mass is 312 g/mol. The fourth-order valence-electron chi connectivity index (χ4n) is 1.97. The molecule has 0 aliphatic rings. The van der Waals surface area contributed by atoms with Crippen molar-refractivity contribution in [2.75, 3.05) is 6.61 Å². The van der Waals surface area contributed by atoms with Gasteiger partial charge in [0.1, 0.15) is 5.75 Å². The molecule has 4 nitrogen and oxygen atoms in total. The Bertz CT molecular complexity index is 495. The van der Waals surface area contributed by atoms with E-state index in [1.807, 2.05) is 6.92 Å². The SMILES string of the molecule is CCCOC(=O)C(CC)(CC)C(=O)Oc1ccccc1Cl. The molecule has 0 fully saturated rings. The van der Waals surface area contributed by atoms with E-state index in [2.05, 4.69) is 0 Å². The zero-order chi connectivity index (χ0) is 15.9. The van der Waals surface area contributed by atoms with Gasteiger partial charge in [-0.2, -0.15) is 0 Å². The number of esters is 2. The number of ether oxygens (including phenoxy) is 2. The molecule has 1 aromatic carbocycles. The summed E-state index contributed by atoms with van der Waals surface area (Å²) in [6.45, 7) is 5.73. The molecule has 1 aromatic rings. The van der Waals surface area contributed by atoms with Crippen molar-refractivity contribution in [2.45, 2.75) is 40.0 Å². The van der Waals surface area contributed by atoms with Gasteiger partial charge in [-0.1, -0.05) is 44.5 Å². The lowest BCUT2D eigenvalue weighted by Gasteiger charge is -2.26. The molecule has 0 saturated carbocycles. The van der Waals surface area contributed by atoms with E-state index in [4.69, 9.17) is 21.1 Å². The van der Waals surface area contributed by atoms with Gasteiger partial charge in [0.25, 0.3) is 0 Å². The molecule has 0 aliphatic carbocycles. The van der Waals surface area contributed by atoms with Crippen molar-refractivity contribution in [3.63, 3.8) is 0 Å². The Balaban J connectivity index is 2.97. The summed E-state index contributed by atoms with van der Waals surface area (Å²) in [6, 6.07) is 6.67. The second-order valence-corrected chi connectivity index (χ2v) is 5.15. The first-order valence-electron chi connectivity index (χ1n) is 7.15. The van der Waals surface area contributed by atoms with E-state index in [-0.39, 0.29) is 5.75 Å². The van der Waals surface area contributed by atoms with Crippen LogP contribution in [0.15, 0.2) is 24.3 Å². The molecule has 0 N–H and O–H groups in total. The Morgan fingerprint density at radius 2 is 1.71 bits per heavy atom. The third-order valence-corrected chi connectivity index (χ3v) is 3.78. The molecule has 21 heavy (non-hydrogen) atoms. The second kappa shape index (κ2) is 8.03. The van der Waals surface area contributed by atoms with Gasteiger partial charge in [-0.05, 0) is 31.4 Å². The predicted molar refractivity (Wildman–Crippen MR) is 81.4 cm³/mol. The molecule has 0 heterocycles. The van der Waals surface area contributed by atoms with Crippen molar-refractivity contribution in [1.29, 1.82) is 0 Å². The number of hydrogen-bond acceptors (Lipinski definition) is 4. The van der Waals surface area contributed by atoms with Crippen molar-refractivity contribution < 1.29 is 19.1 Å². The molecular weight excluding hydrogens is 292 g/mol. The van der Waals surface area contributed by atoms with Gasteiger partial charge >= 0.3 is 11.9 Å². The first-order chi connectivity index (χ1) is 10.0. The van der Waals surface area contributed by atoms with Crippen LogP contribution < -0.4 is 4.74 Å². The molecule has 0 spiro atoms. The summed E-state index contributed by atoms with van der Waals surface area (Å²) in [6.07, 6.45) is 1.33. The van der Waals surface area contributed by atoms with Gasteiger partial charge in [-0.15, -0.1) is 0 Å². The van der Waals surface area contributed by atoms with Gasteiger partial charge in [0, 0.05) is 0 Å². The van der Waals surface area contributed by atoms with E-state index >= 15 is 0 Å². The van der Waals surface area contributed by atoms with Gasteiger partial charge < -0.3 is 9.47 Å². The first-order valence-corrected chi connectivity index (χ1v) is 7.53. The fourth-order valence-corrected chi connectivity index (χ4v) is 2.14. The van der Waals surface area contributed by atoms with Gasteiger partial charge in [-0.3, -0.25) is 9.59 Å². The Hall–Kier alpha value is -1.55. The van der Waals surface area contributed by atoms with E-state index in [9.17, 15) is 9.59 Å². The summed E-state index contributed by atoms with van der Waals surface area (Å²) in [5, 5.41) is 0.328. The van der Waals surface area contributed by atoms with Crippen molar-refractivity contribution in [3.8, 4) is 5.75 Å². The van der Waals surface area contributed by atoms with E-state index in [0.717, 1.165) is 0 Å². The number of carbonyl (C=O) groups is 2. The molecule has 0 radical (unpaired) electrons. The average Bonchev–Trinajstić information content (AvgIpc) is 2.49. The van der Waals surface area contributed by atoms with Crippen molar-refractivity contribution in [3.05, 3.63) is 29.3 Å². The first kappa shape index (κ1) is 17.5. The molecule has 0 bridgehead atoms. The summed E-state index contributed by atoms with van der Waals surface area (Å²) >= 11 is 5.97. The maximum Gasteiger partial charge on any atom is 0.328 e. The molecule has 0 saturated heterocycles. The highest BCUT2D eigenvalue weighted by Crippen LogP contribution is 2.32. The molecule has 0 aliphatic heterocycles. The molecular formula is C16H21ClO4. The van der Waals surface area contributed by atoms with Crippen LogP contribution in [0.1, 0.15) is 40.0 Å². The molecule has 116 valence electrons. The molecule has 0 unspecified atom stereocenters. The van der Waals surface area contributed by atoms with Crippen LogP contribution in [0.2, 0.25) is 5.02 Å². The quantitative estimate of drug-likeness (QED) is 0.434. The van der Waals surface area contributed by atoms with Crippen LogP contribution >= 0.6 is 11.6 Å². The fraction of sp³-hybridized carbons (Fsp3) is 0.500. The predicted octanol–water partition coefficient (Wildman–Crippen LogP) is 4.01. The van der Waals surface area contributed by atoms with Gasteiger partial charge in [0.2, 0.25) is 0 Å². The third kappa shape index (κ3) is 3.97. The number of hydrogen-bond donors (Lipinski definition) is 0. The minimum Gasteiger partial charge on any atom is -0.465 e. The number of halogens is 1. The van der Waals surface area contributed by atoms with E-state index in [1.54, 1.807) is 38.1 Å². The summed E-state index contributed by atoms with van der Waals surface area (Å²) in [7, 11) is 0. The highest BCUT2D eigenvalue weighted by atomic mass is 35.5. The lowest BCUT2D eigenvalue weighted by Crippen LogP contribution is -2.42. The largest absolute Gasteiger partial charge is 0.465 e. The lowest BCUT2D eigenvalue weighted by atomic mass is 9.82. The minimum absolute atomic E-state index is 0.249. The van der Waals surface area contributed by atoms with Gasteiger partial charge in [0.15, 0.2) is 5.41 Å². The van der Waals surface area contributed by atoms with E-state index in [0.29, 0.717) is 30.9 Å². The van der Waals surface area contributed by atoms with Gasteiger partial charge in [-0.25, -0.2) is 0 Å². The summed E-state index contributed by atoms with van der Waals surface area (Å²) in [5.41, 5.74) is -1.28. The molecule has 5 heteroatoms. The van der Waals surface area contributed by atoms with Gasteiger partial charge in [0.05, 0.1) is 11.6 Å². The summed E-state index contributed by atoms with van der Waals surface area (Å²) < 4.78 is 10.5. The van der Waals surface area contributed by atoms with Crippen molar-refractivity contribution in [1.82, 2.24) is 0 Å². The highest BCUT2D eigenvalue weighted by Gasteiger charge is 2.46. The topological polar surface area (TPSA) is 52.6 Å². The molecule has 0 amide bonds. The number of carbonyl (C=O) groups excluding carboxylic acids is 2. The Morgan fingerprint density at radius 1 is 1.10 bits per heavy atom. The molecule has 0 aromatic heterocycles. The zero-order valence-electron chi connectivity index (χ0n) is 12.6. The van der Waals surface area contributed by atoms with Crippen LogP contribution in [0.25, 0.3) is 0 Å². The van der Waals surface area contributed by atoms with Crippen molar-refractivity contribution >= 4 is 23.5 Å². The second-order valence-electron chi connectivity index (χ2n) is 4.75. The van der Waals surface area contributed by atoms with E-state index in [1.165, 1.54) is 0 Å². The van der Waals surface area contributed by atoms with Crippen LogP contribution in [0.5, 0.6) is 5.75 Å². The Kier molecular flexibility index (Phi) is 6.69. The maximum absolute atomic E-state index is 12.5. The summed E-state index contributed by atoms with van der Waals surface area (Å²) in [5.74, 6) is -0.910. The molecule has 0 atom stereocenters. The normalized spacial score (nSPS) is 11.0. The molecule has 1 rings (SSSR count). The standard InChI is InChI=1S/C16H21ClO4/c1-4-11-20-14(18)16(5-2,6-3)15(19)21-13-10-8-7-9-12(13)17/h7-10H,4-6,11H2,1-3H3. The number of rotatable bonds is 7. The smallest absolute Gasteiger partial charge is 0.328 e. The van der Waals surface area contributed by atoms with Crippen LogP contribution in [0.3, 0.4) is 0 Å². The van der Waals surface area contributed by atoms with E-state index < -0.39 is 17.4 Å². The average molecular weight is 313 g/mol. The van der Waals surface area contributed by atoms with Crippen LogP contribution in [-0.4, -0.2) is 18.5 Å². The summed E-state index contributed by atoms with van der Waals surface area (Å²) in [4.78, 5) is 24.7. The van der Waals surface area contributed by atoms with Crippen molar-refractivity contribution in [2.24, 2.45) is 5.41 Å². The minimum atomic E-state index is -1.28. The Labute approximate surface area is 130 Å². The Morgan fingerprint density at radius 3 is 2.24 bits per heavy atom. The lowest BCUT2D eigenvalue weighted by molar-refractivity contribution is -0.168. The highest BCUT2D eigenvalue weighted by molar-refractivity contribution is 6.32. The van der Waals surface area contributed by atoms with Crippen LogP contribution in [0, 0.1) is 5.41 Å². The number of benzene rings is 1. The maximum atomic E-state index is 12.5. The van der Waals surface area contributed by atoms with Crippen LogP contribution in [-0.2, 0) is 14.3 Å². The zero-order valence-corrected chi connectivity index (χ0v) is 13.4. The number of para-hydroxylation sites is 1.